The van der Waals surface area contributed by atoms with E-state index in [-0.39, 0.29) is 42.4 Å². The molecule has 10 heterocycles. The number of hydrogen-bond donors (Lipinski definition) is 3. The smallest absolute Gasteiger partial charge is 0.399 e. The maximum Gasteiger partial charge on any atom is 0.498 e. The van der Waals surface area contributed by atoms with E-state index >= 15 is 0 Å². The second-order valence-electron chi connectivity index (χ2n) is 14.3. The van der Waals surface area contributed by atoms with Gasteiger partial charge < -0.3 is 24.3 Å². The normalized spacial score (nSPS) is 13.9. The lowest BCUT2D eigenvalue weighted by Crippen LogP contribution is -2.41. The van der Waals surface area contributed by atoms with Crippen LogP contribution in [0.5, 0.6) is 0 Å². The summed E-state index contributed by atoms with van der Waals surface area (Å²) >= 11 is 3.25. The summed E-state index contributed by atoms with van der Waals surface area (Å²) in [6, 6.07) is 5.30. The highest BCUT2D eigenvalue weighted by Crippen LogP contribution is 2.36. The highest BCUT2D eigenvalue weighted by atomic mass is 79.9. The Hall–Kier alpha value is -6.65. The van der Waals surface area contributed by atoms with Gasteiger partial charge in [-0.15, -0.1) is 0 Å². The molecule has 59 heavy (non-hydrogen) atoms. The molecule has 10 rings (SSSR count). The van der Waals surface area contributed by atoms with Gasteiger partial charge >= 0.3 is 7.12 Å². The van der Waals surface area contributed by atoms with Gasteiger partial charge in [0.2, 0.25) is 0 Å². The number of fused-ring (bicyclic) bond motifs is 3. The van der Waals surface area contributed by atoms with Gasteiger partial charge in [0.15, 0.2) is 0 Å². The van der Waals surface area contributed by atoms with Gasteiger partial charge in [-0.3, -0.25) is 28.4 Å². The molecule has 1 fully saturated rings. The van der Waals surface area contributed by atoms with Crippen molar-refractivity contribution < 1.29 is 9.31 Å². The summed E-state index contributed by atoms with van der Waals surface area (Å²) in [7, 11) is 5.28. The molecule has 0 spiro atoms. The highest BCUT2D eigenvalue weighted by Gasteiger charge is 2.52. The van der Waals surface area contributed by atoms with Gasteiger partial charge in [0.05, 0.1) is 23.6 Å². The van der Waals surface area contributed by atoms with Gasteiger partial charge in [-0.1, -0.05) is 7.43 Å². The molecule has 0 radical (unpaired) electrons. The molecule has 0 atom stereocenters. The number of halogens is 1. The summed E-state index contributed by atoms with van der Waals surface area (Å²) in [4.78, 5) is 41.6. The van der Waals surface area contributed by atoms with E-state index in [1.165, 1.54) is 23.5 Å². The van der Waals surface area contributed by atoms with Crippen molar-refractivity contribution in [1.82, 2.24) is 73.1 Å². The Morgan fingerprint density at radius 2 is 0.932 bits per heavy atom. The largest absolute Gasteiger partial charge is 0.498 e. The van der Waals surface area contributed by atoms with Crippen LogP contribution in [0, 0.1) is 0 Å². The van der Waals surface area contributed by atoms with E-state index in [4.69, 9.17) is 9.31 Å². The number of aromatic nitrogens is 15. The van der Waals surface area contributed by atoms with Crippen LogP contribution in [0.4, 0.5) is 0 Å². The molecule has 9 aromatic rings. The fraction of sp³-hybridized carbons (Fsp3) is 0.270. The lowest BCUT2D eigenvalue weighted by Gasteiger charge is -2.32. The molecule has 0 amide bonds. The first-order valence-corrected chi connectivity index (χ1v) is 18.5. The van der Waals surface area contributed by atoms with Crippen molar-refractivity contribution in [1.29, 1.82) is 0 Å². The molecule has 9 aromatic heterocycles. The van der Waals surface area contributed by atoms with Crippen LogP contribution in [-0.4, -0.2) is 91.5 Å². The number of aryl methyl sites for hydroxylation is 3. The molecule has 306 valence electrons. The highest BCUT2D eigenvalue weighted by molar-refractivity contribution is 9.10. The number of nitrogens with zero attached hydrogens (tertiary/aromatic N) is 12. The van der Waals surface area contributed by atoms with Gasteiger partial charge in [0.25, 0.3) is 16.7 Å². The predicted octanol–water partition coefficient (Wildman–Crippen LogP) is 2.99. The lowest BCUT2D eigenvalue weighted by molar-refractivity contribution is 0.00578. The zero-order valence-corrected chi connectivity index (χ0v) is 34.1. The van der Waals surface area contributed by atoms with Crippen molar-refractivity contribution in [3.8, 4) is 22.3 Å². The topological polar surface area (TPSA) is 222 Å². The van der Waals surface area contributed by atoms with E-state index in [1.807, 2.05) is 79.8 Å². The first-order chi connectivity index (χ1) is 27.6. The van der Waals surface area contributed by atoms with E-state index in [0.29, 0.717) is 16.6 Å². The van der Waals surface area contributed by atoms with Gasteiger partial charge in [0, 0.05) is 96.7 Å². The van der Waals surface area contributed by atoms with Crippen LogP contribution in [0.25, 0.3) is 38.8 Å². The van der Waals surface area contributed by atoms with Gasteiger partial charge in [0.1, 0.15) is 35.5 Å². The number of hydrogen-bond acceptors (Lipinski definition) is 11. The van der Waals surface area contributed by atoms with E-state index in [2.05, 4.69) is 61.5 Å². The maximum absolute atomic E-state index is 11.5. The first kappa shape index (κ1) is 42.0. The first-order valence-electron chi connectivity index (χ1n) is 17.7. The zero-order valence-electron chi connectivity index (χ0n) is 32.5. The molecule has 0 aromatic carbocycles. The summed E-state index contributed by atoms with van der Waals surface area (Å²) < 4.78 is 22.4. The van der Waals surface area contributed by atoms with Crippen LogP contribution in [0.1, 0.15) is 35.1 Å². The Balaban J connectivity index is 0.000000133. The van der Waals surface area contributed by atoms with E-state index in [1.54, 1.807) is 66.1 Å². The van der Waals surface area contributed by atoms with Crippen LogP contribution in [0.2, 0.25) is 0 Å². The lowest BCUT2D eigenvalue weighted by atomic mass is 9.82. The van der Waals surface area contributed by atoms with E-state index in [9.17, 15) is 14.4 Å². The van der Waals surface area contributed by atoms with Crippen LogP contribution < -0.4 is 22.1 Å². The fourth-order valence-corrected chi connectivity index (χ4v) is 6.20. The van der Waals surface area contributed by atoms with Gasteiger partial charge in [-0.05, 0) is 61.8 Å². The van der Waals surface area contributed by atoms with Crippen molar-refractivity contribution in [2.45, 2.75) is 46.3 Å². The molecule has 0 aliphatic carbocycles. The molecular formula is C37H43BBrN15O5. The summed E-state index contributed by atoms with van der Waals surface area (Å²) in [6.07, 6.45) is 20.4. The van der Waals surface area contributed by atoms with Gasteiger partial charge in [-0.2, -0.15) is 30.6 Å². The molecule has 0 saturated carbocycles. The number of aromatic amines is 3. The van der Waals surface area contributed by atoms with Crippen molar-refractivity contribution in [2.24, 2.45) is 21.1 Å². The number of H-pyrrole nitrogens is 3. The minimum absolute atomic E-state index is 0. The minimum Gasteiger partial charge on any atom is -0.399 e. The van der Waals surface area contributed by atoms with Crippen LogP contribution >= 0.6 is 15.9 Å². The second kappa shape index (κ2) is 16.7. The Morgan fingerprint density at radius 1 is 0.542 bits per heavy atom. The Labute approximate surface area is 344 Å². The van der Waals surface area contributed by atoms with Crippen molar-refractivity contribution in [2.75, 3.05) is 0 Å². The molecule has 3 N–H and O–H groups in total. The fourth-order valence-electron chi connectivity index (χ4n) is 5.79. The van der Waals surface area contributed by atoms with E-state index < -0.39 is 0 Å². The predicted molar refractivity (Wildman–Crippen MR) is 225 cm³/mol. The van der Waals surface area contributed by atoms with Gasteiger partial charge in [-0.25, -0.2) is 13.5 Å². The van der Waals surface area contributed by atoms with Crippen LogP contribution in [-0.2, 0) is 30.5 Å². The van der Waals surface area contributed by atoms with Crippen LogP contribution in [0.3, 0.4) is 0 Å². The van der Waals surface area contributed by atoms with Crippen LogP contribution in [0.15, 0.2) is 112 Å². The molecule has 0 bridgehead atoms. The summed E-state index contributed by atoms with van der Waals surface area (Å²) in [5.41, 5.74) is 5.36. The zero-order chi connectivity index (χ0) is 41.4. The maximum atomic E-state index is 11.5. The molecular weight excluding hydrogens is 825 g/mol. The molecule has 0 unspecified atom stereocenters. The average Bonchev–Trinajstić information content (AvgIpc) is 4.02. The third-order valence-electron chi connectivity index (χ3n) is 9.53. The average molecular weight is 869 g/mol. The monoisotopic (exact) mass is 867 g/mol. The Kier molecular flexibility index (Phi) is 11.9. The van der Waals surface area contributed by atoms with Crippen molar-refractivity contribution in [3.63, 3.8) is 0 Å². The summed E-state index contributed by atoms with van der Waals surface area (Å²) in [5, 5.41) is 24.2. The summed E-state index contributed by atoms with van der Waals surface area (Å²) in [5.74, 6) is 0. The molecule has 22 heteroatoms. The quantitative estimate of drug-likeness (QED) is 0.219. The Morgan fingerprint density at radius 3 is 1.29 bits per heavy atom. The Bertz CT molecular complexity index is 2890. The van der Waals surface area contributed by atoms with Crippen molar-refractivity contribution >= 4 is 45.1 Å². The summed E-state index contributed by atoms with van der Waals surface area (Å²) in [6.45, 7) is 8.18. The standard InChI is InChI=1S/C10H17BN2O2.2C10H9N5O.C6H4BrN3O.CH4/c1-9(2)10(3,4)15-11(14-9)8-6-12-13(5)7-8;2*1-14-4-8(3-12-14)7-2-9-10(16)11-6-13-15(9)5-7;7-4-1-5-6(11)8-3-9-10(5)2-4;/h6-7H,1-5H3;2*2-6H,1H3,(H,11,13,16);1-3H,(H,8,9,11);1H4. The number of rotatable bonds is 3. The minimum atomic E-state index is -0.302. The molecule has 1 saturated heterocycles. The third-order valence-corrected chi connectivity index (χ3v) is 9.96. The second-order valence-corrected chi connectivity index (χ2v) is 15.2. The van der Waals surface area contributed by atoms with Crippen molar-refractivity contribution in [3.05, 3.63) is 128 Å². The molecule has 1 aliphatic heterocycles. The molecule has 20 nitrogen and oxygen atoms in total. The number of nitrogens with one attached hydrogen (secondary N) is 3. The SMILES string of the molecule is C.Cn1cc(-c2cc3c(=O)[nH]cnn3c2)cn1.Cn1cc(-c2cc3c(=O)[nH]cnn3c2)cn1.Cn1cc(B2OC(C)(C)C(C)(C)O2)cn1.O=c1[nH]cnn2cc(Br)cc12. The van der Waals surface area contributed by atoms with E-state index in [0.717, 1.165) is 32.2 Å². The third kappa shape index (κ3) is 9.08. The molecule has 1 aliphatic rings.